The number of hydrogen-bond acceptors (Lipinski definition) is 2. The van der Waals surface area contributed by atoms with Crippen molar-refractivity contribution in [2.75, 3.05) is 0 Å². The van der Waals surface area contributed by atoms with Crippen LogP contribution in [-0.2, 0) is 0 Å². The Balaban J connectivity index is 3.16. The number of aryl methyl sites for hydroxylation is 1. The minimum absolute atomic E-state index is 0.127. The van der Waals surface area contributed by atoms with Crippen molar-refractivity contribution in [1.82, 2.24) is 0 Å². The van der Waals surface area contributed by atoms with Crippen LogP contribution in [0.25, 0.3) is 0 Å². The summed E-state index contributed by atoms with van der Waals surface area (Å²) in [7, 11) is 0. The van der Waals surface area contributed by atoms with E-state index < -0.39 is 11.8 Å². The van der Waals surface area contributed by atoms with E-state index in [0.29, 0.717) is 17.6 Å². The first-order valence-electron chi connectivity index (χ1n) is 3.20. The lowest BCUT2D eigenvalue weighted by molar-refractivity contribution is 0.112. The first kappa shape index (κ1) is 9.31. The normalized spacial score (nSPS) is 11.7. The molecule has 0 aliphatic heterocycles. The summed E-state index contributed by atoms with van der Waals surface area (Å²) >= 11 is 0.501. The third-order valence-corrected chi connectivity index (χ3v) is 2.65. The van der Waals surface area contributed by atoms with E-state index in [1.54, 1.807) is 0 Å². The highest BCUT2D eigenvalue weighted by Gasteiger charge is 2.29. The molecule has 0 amide bonds. The lowest BCUT2D eigenvalue weighted by Gasteiger charge is -2.12. The topological polar surface area (TPSA) is 17.1 Å². The second-order valence-corrected chi connectivity index (χ2v) is 3.50. The first-order valence-corrected chi connectivity index (χ1v) is 4.02. The molecule has 0 bridgehead atoms. The summed E-state index contributed by atoms with van der Waals surface area (Å²) in [5.41, 5.74) is 0.134. The van der Waals surface area contributed by atoms with Crippen molar-refractivity contribution in [3.8, 4) is 0 Å². The maximum Gasteiger partial charge on any atom is 0.519 e. The van der Waals surface area contributed by atoms with Crippen molar-refractivity contribution in [2.24, 2.45) is 0 Å². The van der Waals surface area contributed by atoms with Gasteiger partial charge in [-0.05, 0) is 13.0 Å². The summed E-state index contributed by atoms with van der Waals surface area (Å²) in [6, 6.07) is 1.25. The van der Waals surface area contributed by atoms with Gasteiger partial charge in [-0.25, -0.2) is 0 Å². The third kappa shape index (κ3) is 1.69. The Morgan fingerprint density at radius 2 is 2.08 bits per heavy atom. The average Bonchev–Trinajstić information content (AvgIpc) is 2.29. The molecule has 0 fully saturated rings. The van der Waals surface area contributed by atoms with Gasteiger partial charge in [0.1, 0.15) is 0 Å². The van der Waals surface area contributed by atoms with E-state index in [4.69, 9.17) is 0 Å². The molecule has 0 spiro atoms. The Bertz CT molecular complexity index is 304. The summed E-state index contributed by atoms with van der Waals surface area (Å²) in [6.45, 7) is -3.60. The highest BCUT2D eigenvalue weighted by atomic mass is 32.1. The standard InChI is InChI=1S/C6H5BF3OS/c1-4-2-5(3-11)12-6(4)7(8,9)10/h2-3H,1H3/q-1. The number of carbonyl (C=O) groups is 1. The Labute approximate surface area is 71.3 Å². The molecule has 1 nitrogen and oxygen atoms in total. The predicted molar refractivity (Wildman–Crippen MR) is 43.2 cm³/mol. The van der Waals surface area contributed by atoms with Crippen LogP contribution in [0.3, 0.4) is 0 Å². The average molecular weight is 193 g/mol. The van der Waals surface area contributed by atoms with Crippen LogP contribution in [0, 0.1) is 6.92 Å². The molecule has 0 unspecified atom stereocenters. The zero-order valence-electron chi connectivity index (χ0n) is 6.18. The van der Waals surface area contributed by atoms with E-state index in [-0.39, 0.29) is 10.4 Å². The molecule has 0 aromatic carbocycles. The van der Waals surface area contributed by atoms with Gasteiger partial charge in [-0.15, -0.1) is 0 Å². The van der Waals surface area contributed by atoms with E-state index >= 15 is 0 Å². The molecule has 0 saturated carbocycles. The van der Waals surface area contributed by atoms with Gasteiger partial charge in [0.25, 0.3) is 0 Å². The van der Waals surface area contributed by atoms with Gasteiger partial charge >= 0.3 is 6.98 Å². The number of rotatable bonds is 2. The molecule has 66 valence electrons. The number of hydrogen-bond donors (Lipinski definition) is 0. The van der Waals surface area contributed by atoms with Crippen molar-refractivity contribution in [3.05, 3.63) is 16.5 Å². The van der Waals surface area contributed by atoms with Crippen molar-refractivity contribution in [1.29, 1.82) is 0 Å². The molecule has 1 rings (SSSR count). The molecule has 0 radical (unpaired) electrons. The molecule has 0 atom stereocenters. The van der Waals surface area contributed by atoms with Crippen molar-refractivity contribution < 1.29 is 17.7 Å². The predicted octanol–water partition coefficient (Wildman–Crippen LogP) is 1.92. The van der Waals surface area contributed by atoms with Gasteiger partial charge in [-0.2, -0.15) is 11.3 Å². The fraction of sp³-hybridized carbons (Fsp3) is 0.167. The molecule has 1 aromatic rings. The largest absolute Gasteiger partial charge is 0.519 e. The maximum atomic E-state index is 12.2. The molecule has 1 aromatic heterocycles. The molecular weight excluding hydrogens is 188 g/mol. The molecule has 6 heteroatoms. The van der Waals surface area contributed by atoms with Crippen LogP contribution in [0.1, 0.15) is 15.2 Å². The molecule has 1 heterocycles. The third-order valence-electron chi connectivity index (χ3n) is 1.39. The summed E-state index contributed by atoms with van der Waals surface area (Å²) < 4.78 is 35.8. The van der Waals surface area contributed by atoms with Crippen molar-refractivity contribution in [2.45, 2.75) is 6.92 Å². The van der Waals surface area contributed by atoms with E-state index in [0.717, 1.165) is 0 Å². The molecule has 12 heavy (non-hydrogen) atoms. The SMILES string of the molecule is Cc1cc(C=O)sc1[B-](F)(F)F. The molecule has 0 saturated heterocycles. The molecular formula is C6H5BF3OS-. The minimum Gasteiger partial charge on any atom is -0.444 e. The Morgan fingerprint density at radius 1 is 1.50 bits per heavy atom. The summed E-state index contributed by atoms with van der Waals surface area (Å²) in [6.07, 6.45) is 0.434. The van der Waals surface area contributed by atoms with Crippen LogP contribution < -0.4 is 4.78 Å². The lowest BCUT2D eigenvalue weighted by Crippen LogP contribution is -2.32. The van der Waals surface area contributed by atoms with Crippen LogP contribution >= 0.6 is 11.3 Å². The Kier molecular flexibility index (Phi) is 2.28. The van der Waals surface area contributed by atoms with Gasteiger partial charge in [-0.3, -0.25) is 4.79 Å². The second kappa shape index (κ2) is 2.93. The monoisotopic (exact) mass is 193 g/mol. The number of halogens is 3. The fourth-order valence-corrected chi connectivity index (χ4v) is 1.80. The van der Waals surface area contributed by atoms with Gasteiger partial charge in [0, 0.05) is 0 Å². The zero-order chi connectivity index (χ0) is 9.35. The highest BCUT2D eigenvalue weighted by molar-refractivity contribution is 7.25. The first-order chi connectivity index (χ1) is 5.45. The molecule has 0 aliphatic rings. The molecule has 0 N–H and O–H groups in total. The Hall–Kier alpha value is -0.775. The lowest BCUT2D eigenvalue weighted by atomic mass is 9.86. The van der Waals surface area contributed by atoms with Crippen molar-refractivity contribution >= 4 is 29.4 Å². The molecule has 0 aliphatic carbocycles. The summed E-state index contributed by atoms with van der Waals surface area (Å²) in [4.78, 5) is 10.3. The number of carbonyl (C=O) groups excluding carboxylic acids is 1. The van der Waals surface area contributed by atoms with Crippen LogP contribution in [0.4, 0.5) is 12.9 Å². The zero-order valence-corrected chi connectivity index (χ0v) is 7.00. The van der Waals surface area contributed by atoms with E-state index in [2.05, 4.69) is 0 Å². The number of aldehydes is 1. The van der Waals surface area contributed by atoms with Crippen LogP contribution in [0.2, 0.25) is 0 Å². The van der Waals surface area contributed by atoms with E-state index in [1.165, 1.54) is 13.0 Å². The summed E-state index contributed by atoms with van der Waals surface area (Å²) in [5.74, 6) is 0. The quantitative estimate of drug-likeness (QED) is 0.517. The number of thiophene rings is 1. The Morgan fingerprint density at radius 3 is 2.33 bits per heavy atom. The minimum atomic E-state index is -4.96. The van der Waals surface area contributed by atoms with E-state index in [1.807, 2.05) is 0 Å². The van der Waals surface area contributed by atoms with E-state index in [9.17, 15) is 17.7 Å². The van der Waals surface area contributed by atoms with Crippen LogP contribution in [0.5, 0.6) is 0 Å². The van der Waals surface area contributed by atoms with Gasteiger partial charge in [0.05, 0.1) is 4.88 Å². The summed E-state index contributed by atoms with van der Waals surface area (Å²) in [5, 5.41) is 0. The van der Waals surface area contributed by atoms with Gasteiger partial charge in [0.2, 0.25) is 0 Å². The highest BCUT2D eigenvalue weighted by Crippen LogP contribution is 2.18. The van der Waals surface area contributed by atoms with Gasteiger partial charge < -0.3 is 12.9 Å². The van der Waals surface area contributed by atoms with Crippen molar-refractivity contribution in [3.63, 3.8) is 0 Å². The fourth-order valence-electron chi connectivity index (χ4n) is 0.904. The maximum absolute atomic E-state index is 12.2. The smallest absolute Gasteiger partial charge is 0.444 e. The van der Waals surface area contributed by atoms with Gasteiger partial charge in [0.15, 0.2) is 6.29 Å². The van der Waals surface area contributed by atoms with Crippen LogP contribution in [-0.4, -0.2) is 13.3 Å². The second-order valence-electron chi connectivity index (χ2n) is 2.39. The van der Waals surface area contributed by atoms with Gasteiger partial charge in [-0.1, -0.05) is 10.3 Å². The van der Waals surface area contributed by atoms with Crippen LogP contribution in [0.15, 0.2) is 6.07 Å².